The molecule has 2 aliphatic heterocycles. The zero-order valence-corrected chi connectivity index (χ0v) is 16.7. The minimum atomic E-state index is -4.45. The molecular weight excluding hydrogens is 393 g/mol. The van der Waals surface area contributed by atoms with Gasteiger partial charge in [-0.05, 0) is 69.1 Å². The summed E-state index contributed by atoms with van der Waals surface area (Å²) in [5, 5.41) is 2.55. The molecule has 4 rings (SSSR count). The van der Waals surface area contributed by atoms with Crippen molar-refractivity contribution < 1.29 is 18.0 Å². The van der Waals surface area contributed by atoms with E-state index in [0.29, 0.717) is 11.6 Å². The molecule has 0 saturated carbocycles. The summed E-state index contributed by atoms with van der Waals surface area (Å²) in [7, 11) is 0. The van der Waals surface area contributed by atoms with E-state index < -0.39 is 17.6 Å². The van der Waals surface area contributed by atoms with Crippen LogP contribution in [0.5, 0.6) is 0 Å². The minimum absolute atomic E-state index is 0.111. The van der Waals surface area contributed by atoms with Crippen LogP contribution in [-0.4, -0.2) is 48.0 Å². The number of nitrogens with zero attached hydrogens (tertiary/aromatic N) is 3. The highest BCUT2D eigenvalue weighted by Gasteiger charge is 2.30. The number of rotatable bonds is 4. The number of nitrogens with one attached hydrogen (secondary N) is 1. The Morgan fingerprint density at radius 3 is 2.47 bits per heavy atom. The summed E-state index contributed by atoms with van der Waals surface area (Å²) in [6.45, 7) is 4.14. The van der Waals surface area contributed by atoms with Crippen LogP contribution in [0, 0.1) is 0 Å². The Kier molecular flexibility index (Phi) is 5.94. The lowest BCUT2D eigenvalue weighted by Crippen LogP contribution is -2.44. The Hall–Kier alpha value is -2.61. The van der Waals surface area contributed by atoms with Crippen molar-refractivity contribution >= 4 is 17.4 Å². The second kappa shape index (κ2) is 8.63. The van der Waals surface area contributed by atoms with E-state index in [0.717, 1.165) is 43.9 Å². The molecule has 2 fully saturated rings. The van der Waals surface area contributed by atoms with Gasteiger partial charge in [-0.1, -0.05) is 6.07 Å². The zero-order valence-electron chi connectivity index (χ0n) is 16.7. The molecule has 0 bridgehead atoms. The lowest BCUT2D eigenvalue weighted by atomic mass is 10.0. The van der Waals surface area contributed by atoms with Crippen LogP contribution in [0.1, 0.15) is 41.6 Å². The highest BCUT2D eigenvalue weighted by Crippen LogP contribution is 2.31. The number of hydrogen-bond acceptors (Lipinski definition) is 4. The first kappa shape index (κ1) is 20.7. The van der Waals surface area contributed by atoms with Gasteiger partial charge in [0, 0.05) is 36.6 Å². The number of hydrogen-bond donors (Lipinski definition) is 1. The van der Waals surface area contributed by atoms with Crippen molar-refractivity contribution in [1.82, 2.24) is 9.88 Å². The topological polar surface area (TPSA) is 48.5 Å². The first-order valence-corrected chi connectivity index (χ1v) is 10.3. The average Bonchev–Trinajstić information content (AvgIpc) is 3.28. The lowest BCUT2D eigenvalue weighted by Gasteiger charge is -2.37. The number of pyridine rings is 1. The predicted molar refractivity (Wildman–Crippen MR) is 110 cm³/mol. The van der Waals surface area contributed by atoms with E-state index in [-0.39, 0.29) is 5.69 Å². The predicted octanol–water partition coefficient (Wildman–Crippen LogP) is 4.42. The molecule has 1 aromatic heterocycles. The van der Waals surface area contributed by atoms with Gasteiger partial charge in [0.15, 0.2) is 0 Å². The molecule has 1 N–H and O–H groups in total. The zero-order chi connectivity index (χ0) is 21.1. The highest BCUT2D eigenvalue weighted by molar-refractivity contribution is 6.04. The van der Waals surface area contributed by atoms with Gasteiger partial charge in [-0.15, -0.1) is 0 Å². The summed E-state index contributed by atoms with van der Waals surface area (Å²) < 4.78 is 38.7. The normalized spacial score (nSPS) is 18.6. The second-order valence-corrected chi connectivity index (χ2v) is 7.90. The highest BCUT2D eigenvalue weighted by atomic mass is 19.4. The Balaban J connectivity index is 1.40. The van der Waals surface area contributed by atoms with E-state index in [9.17, 15) is 18.0 Å². The van der Waals surface area contributed by atoms with Gasteiger partial charge in [0.1, 0.15) is 5.82 Å². The van der Waals surface area contributed by atoms with Crippen LogP contribution in [0.2, 0.25) is 0 Å². The van der Waals surface area contributed by atoms with E-state index in [4.69, 9.17) is 0 Å². The van der Waals surface area contributed by atoms with Crippen LogP contribution < -0.4 is 10.2 Å². The van der Waals surface area contributed by atoms with E-state index in [1.54, 1.807) is 18.3 Å². The number of aromatic nitrogens is 1. The number of piperidine rings is 1. The number of amides is 1. The van der Waals surface area contributed by atoms with E-state index >= 15 is 0 Å². The Morgan fingerprint density at radius 2 is 1.77 bits per heavy atom. The Morgan fingerprint density at radius 1 is 1.03 bits per heavy atom. The summed E-state index contributed by atoms with van der Waals surface area (Å²) >= 11 is 0. The summed E-state index contributed by atoms with van der Waals surface area (Å²) in [4.78, 5) is 21.7. The third kappa shape index (κ3) is 4.75. The average molecular weight is 418 g/mol. The van der Waals surface area contributed by atoms with Crippen molar-refractivity contribution in [3.63, 3.8) is 0 Å². The molecule has 3 heterocycles. The molecule has 30 heavy (non-hydrogen) atoms. The number of carbonyl (C=O) groups is 1. The summed E-state index contributed by atoms with van der Waals surface area (Å²) in [5.41, 5.74) is -0.310. The van der Waals surface area contributed by atoms with Crippen molar-refractivity contribution in [2.75, 3.05) is 36.4 Å². The van der Waals surface area contributed by atoms with Crippen molar-refractivity contribution in [2.45, 2.75) is 37.9 Å². The van der Waals surface area contributed by atoms with E-state index in [2.05, 4.69) is 20.1 Å². The molecule has 1 aromatic carbocycles. The third-order valence-electron chi connectivity index (χ3n) is 5.90. The van der Waals surface area contributed by atoms with Gasteiger partial charge in [-0.3, -0.25) is 4.79 Å². The smallest absolute Gasteiger partial charge is 0.356 e. The molecule has 8 heteroatoms. The summed E-state index contributed by atoms with van der Waals surface area (Å²) in [5.74, 6) is 0.275. The standard InChI is InChI=1S/C22H25F3N4O/c23-22(24,25)17-4-3-5-18(15-17)27-21(30)16-6-9-26-20(14-16)29-12-7-19(8-13-29)28-10-1-2-11-28/h3-6,9,14-15,19H,1-2,7-8,10-13H2,(H,27,30). The van der Waals surface area contributed by atoms with Crippen LogP contribution >= 0.6 is 0 Å². The van der Waals surface area contributed by atoms with Gasteiger partial charge in [0.05, 0.1) is 5.56 Å². The molecule has 0 spiro atoms. The number of alkyl halides is 3. The van der Waals surface area contributed by atoms with Crippen LogP contribution in [0.25, 0.3) is 0 Å². The molecule has 0 atom stereocenters. The number of anilines is 2. The van der Waals surface area contributed by atoms with Gasteiger partial charge in [-0.25, -0.2) is 4.98 Å². The van der Waals surface area contributed by atoms with Crippen molar-refractivity contribution in [3.05, 3.63) is 53.7 Å². The molecule has 2 aromatic rings. The maximum atomic E-state index is 12.9. The molecule has 0 radical (unpaired) electrons. The van der Waals surface area contributed by atoms with Crippen molar-refractivity contribution in [3.8, 4) is 0 Å². The first-order valence-electron chi connectivity index (χ1n) is 10.3. The number of carbonyl (C=O) groups excluding carboxylic acids is 1. The Bertz CT molecular complexity index is 888. The molecule has 1 amide bonds. The van der Waals surface area contributed by atoms with Gasteiger partial charge >= 0.3 is 6.18 Å². The summed E-state index contributed by atoms with van der Waals surface area (Å²) in [6, 6.07) is 8.54. The van der Waals surface area contributed by atoms with E-state index in [1.165, 1.54) is 38.1 Å². The molecular formula is C22H25F3N4O. The number of likely N-dealkylation sites (tertiary alicyclic amines) is 1. The maximum absolute atomic E-state index is 12.9. The molecule has 160 valence electrons. The molecule has 0 unspecified atom stereocenters. The fourth-order valence-corrected chi connectivity index (χ4v) is 4.28. The number of halogens is 3. The molecule has 2 aliphatic rings. The SMILES string of the molecule is O=C(Nc1cccc(C(F)(F)F)c1)c1ccnc(N2CCC(N3CCCC3)CC2)c1. The van der Waals surface area contributed by atoms with Gasteiger partial charge in [0.2, 0.25) is 0 Å². The van der Waals surface area contributed by atoms with Gasteiger partial charge in [0.25, 0.3) is 5.91 Å². The monoisotopic (exact) mass is 418 g/mol. The van der Waals surface area contributed by atoms with Crippen LogP contribution in [0.4, 0.5) is 24.7 Å². The van der Waals surface area contributed by atoms with Crippen molar-refractivity contribution in [1.29, 1.82) is 0 Å². The largest absolute Gasteiger partial charge is 0.416 e. The quantitative estimate of drug-likeness (QED) is 0.799. The van der Waals surface area contributed by atoms with Crippen LogP contribution in [-0.2, 0) is 6.18 Å². The van der Waals surface area contributed by atoms with Gasteiger partial charge < -0.3 is 15.1 Å². The van der Waals surface area contributed by atoms with Crippen LogP contribution in [0.3, 0.4) is 0 Å². The minimum Gasteiger partial charge on any atom is -0.356 e. The Labute approximate surface area is 173 Å². The fraction of sp³-hybridized carbons (Fsp3) is 0.455. The molecule has 0 aliphatic carbocycles. The lowest BCUT2D eigenvalue weighted by molar-refractivity contribution is -0.137. The maximum Gasteiger partial charge on any atom is 0.416 e. The number of benzene rings is 1. The van der Waals surface area contributed by atoms with Crippen molar-refractivity contribution in [2.24, 2.45) is 0 Å². The summed E-state index contributed by atoms with van der Waals surface area (Å²) in [6.07, 6.45) is 1.83. The fourth-order valence-electron chi connectivity index (χ4n) is 4.28. The third-order valence-corrected chi connectivity index (χ3v) is 5.90. The molecule has 5 nitrogen and oxygen atoms in total. The van der Waals surface area contributed by atoms with Crippen LogP contribution in [0.15, 0.2) is 42.6 Å². The second-order valence-electron chi connectivity index (χ2n) is 7.90. The first-order chi connectivity index (χ1) is 14.4. The molecule has 2 saturated heterocycles. The van der Waals surface area contributed by atoms with Gasteiger partial charge in [-0.2, -0.15) is 13.2 Å². The van der Waals surface area contributed by atoms with E-state index in [1.807, 2.05) is 0 Å².